The predicted octanol–water partition coefficient (Wildman–Crippen LogP) is 11.5. The Morgan fingerprint density at radius 1 is 0.475 bits per heavy atom. The van der Waals surface area contributed by atoms with Crippen LogP contribution in [0, 0.1) is 13.8 Å². The Kier molecular flexibility index (Phi) is 8.02. The van der Waals surface area contributed by atoms with E-state index in [0.717, 1.165) is 22.6 Å². The molecule has 0 N–H and O–H groups in total. The van der Waals surface area contributed by atoms with Gasteiger partial charge in [-0.3, -0.25) is 0 Å². The molecule has 0 atom stereocenters. The molecule has 0 nitrogen and oxygen atoms in total. The fourth-order valence-corrected chi connectivity index (χ4v) is 35.8. The standard InChI is InChI=1S/C38H56P2/c1-29-17-15-27-35-37(29)38-30(2)18-16-28-36(38)40(35,33-23-11-5-12-24-33,34-25-13-6-14-26-34)39(31-19-7-3-8-20-31)32-21-9-4-10-22-32/h15-18,27-28,31-34H,3-14,19-26H2,1-2H3. The van der Waals surface area contributed by atoms with E-state index in [4.69, 9.17) is 0 Å². The molecule has 0 unspecified atom stereocenters. The average molecular weight is 575 g/mol. The molecule has 2 heteroatoms. The Balaban J connectivity index is 1.65. The third kappa shape index (κ3) is 3.97. The van der Waals surface area contributed by atoms with Gasteiger partial charge in [-0.25, -0.2) is 0 Å². The quantitative estimate of drug-likeness (QED) is 0.312. The van der Waals surface area contributed by atoms with Crippen LogP contribution in [0.2, 0.25) is 0 Å². The van der Waals surface area contributed by atoms with E-state index in [1.165, 1.54) is 103 Å². The summed E-state index contributed by atoms with van der Waals surface area (Å²) in [4.78, 5) is 0. The Morgan fingerprint density at radius 2 is 0.825 bits per heavy atom. The molecule has 0 spiro atoms. The van der Waals surface area contributed by atoms with Crippen LogP contribution in [0.15, 0.2) is 36.4 Å². The third-order valence-electron chi connectivity index (χ3n) is 12.8. The second kappa shape index (κ2) is 11.4. The number of hydrogen-bond acceptors (Lipinski definition) is 0. The molecule has 0 amide bonds. The van der Waals surface area contributed by atoms with Crippen molar-refractivity contribution in [1.82, 2.24) is 0 Å². The van der Waals surface area contributed by atoms with Gasteiger partial charge in [0.15, 0.2) is 0 Å². The van der Waals surface area contributed by atoms with Crippen molar-refractivity contribution in [2.75, 3.05) is 0 Å². The summed E-state index contributed by atoms with van der Waals surface area (Å²) >= 11 is 0. The van der Waals surface area contributed by atoms with E-state index < -0.39 is 6.29 Å². The van der Waals surface area contributed by atoms with Gasteiger partial charge in [-0.1, -0.05) is 0 Å². The van der Waals surface area contributed by atoms with Crippen molar-refractivity contribution in [3.8, 4) is 11.1 Å². The molecule has 5 aliphatic rings. The second-order valence-electron chi connectivity index (χ2n) is 14.7. The Hall–Kier alpha value is -0.700. The van der Waals surface area contributed by atoms with Gasteiger partial charge >= 0.3 is 248 Å². The minimum absolute atomic E-state index is 0.0798. The van der Waals surface area contributed by atoms with Crippen molar-refractivity contribution >= 4 is 24.5 Å². The van der Waals surface area contributed by atoms with Crippen molar-refractivity contribution in [2.24, 2.45) is 0 Å². The number of aryl methyl sites for hydroxylation is 2. The predicted molar refractivity (Wildman–Crippen MR) is 182 cm³/mol. The molecular weight excluding hydrogens is 518 g/mol. The van der Waals surface area contributed by atoms with Gasteiger partial charge in [0, 0.05) is 0 Å². The van der Waals surface area contributed by atoms with Crippen molar-refractivity contribution in [1.29, 1.82) is 0 Å². The Bertz CT molecular complexity index is 1100. The molecule has 0 aromatic heterocycles. The summed E-state index contributed by atoms with van der Waals surface area (Å²) in [6.45, 7) is 4.97. The average Bonchev–Trinajstić information content (AvgIpc) is 3.30. The van der Waals surface area contributed by atoms with Crippen molar-refractivity contribution in [3.05, 3.63) is 47.5 Å². The zero-order chi connectivity index (χ0) is 27.2. The fraction of sp³-hybridized carbons (Fsp3) is 0.684. The third-order valence-corrected chi connectivity index (χ3v) is 31.3. The number of benzene rings is 2. The van der Waals surface area contributed by atoms with E-state index in [9.17, 15) is 0 Å². The van der Waals surface area contributed by atoms with Gasteiger partial charge in [0.05, 0.1) is 0 Å². The molecule has 1 aliphatic heterocycles. The number of hydrogen-bond donors (Lipinski definition) is 0. The summed E-state index contributed by atoms with van der Waals surface area (Å²) in [6.07, 6.45) is 27.8. The summed E-state index contributed by atoms with van der Waals surface area (Å²) in [6, 6.07) is 15.7. The van der Waals surface area contributed by atoms with Crippen molar-refractivity contribution in [3.63, 3.8) is 0 Å². The van der Waals surface area contributed by atoms with E-state index >= 15 is 0 Å². The van der Waals surface area contributed by atoms with E-state index in [1.807, 2.05) is 10.6 Å². The van der Waals surface area contributed by atoms with Crippen LogP contribution >= 0.6 is 13.9 Å². The summed E-state index contributed by atoms with van der Waals surface area (Å²) < 4.78 is 0. The van der Waals surface area contributed by atoms with Crippen LogP contribution < -0.4 is 10.6 Å². The monoisotopic (exact) mass is 574 g/mol. The molecule has 218 valence electrons. The number of rotatable bonds is 5. The molecule has 2 aromatic carbocycles. The Labute approximate surface area is 247 Å². The molecule has 2 aromatic rings. The molecule has 40 heavy (non-hydrogen) atoms. The van der Waals surface area contributed by atoms with Crippen LogP contribution in [0.3, 0.4) is 0 Å². The molecule has 0 bridgehead atoms. The summed E-state index contributed by atoms with van der Waals surface area (Å²) in [5.41, 5.74) is 10.7. The van der Waals surface area contributed by atoms with Crippen molar-refractivity contribution in [2.45, 2.75) is 165 Å². The molecular formula is C38H56P2. The molecule has 4 fully saturated rings. The van der Waals surface area contributed by atoms with Gasteiger partial charge in [0.2, 0.25) is 0 Å². The van der Waals surface area contributed by atoms with Crippen LogP contribution in [0.25, 0.3) is 11.1 Å². The van der Waals surface area contributed by atoms with E-state index in [0.29, 0.717) is 0 Å². The van der Waals surface area contributed by atoms with Gasteiger partial charge in [-0.15, -0.1) is 0 Å². The van der Waals surface area contributed by atoms with Crippen LogP contribution in [-0.4, -0.2) is 22.6 Å². The second-order valence-corrected chi connectivity index (χ2v) is 25.7. The molecule has 1 heterocycles. The van der Waals surface area contributed by atoms with Gasteiger partial charge in [-0.2, -0.15) is 0 Å². The molecule has 0 saturated heterocycles. The first-order valence-corrected chi connectivity index (χ1v) is 22.2. The first kappa shape index (κ1) is 28.1. The maximum atomic E-state index is 2.81. The summed E-state index contributed by atoms with van der Waals surface area (Å²) in [5, 5.41) is 4.02. The number of fused-ring (bicyclic) bond motifs is 3. The van der Waals surface area contributed by atoms with E-state index in [-0.39, 0.29) is 7.61 Å². The summed E-state index contributed by atoms with van der Waals surface area (Å²) in [7, 11) is -0.0798. The SMILES string of the molecule is Cc1cccc2c1-c1c(C)cccc1P2(C1CCCCC1)(C1CCCCC1)P(C1CCCCC1)C1CCCCC1. The first-order valence-electron chi connectivity index (χ1n) is 17.7. The summed E-state index contributed by atoms with van der Waals surface area (Å²) in [5.74, 6) is 0. The van der Waals surface area contributed by atoms with Gasteiger partial charge < -0.3 is 0 Å². The Morgan fingerprint density at radius 3 is 1.20 bits per heavy atom. The first-order chi connectivity index (χ1) is 19.7. The maximum absolute atomic E-state index is 2.81. The zero-order valence-electron chi connectivity index (χ0n) is 25.8. The molecule has 4 aliphatic carbocycles. The molecule has 0 radical (unpaired) electrons. The fourth-order valence-electron chi connectivity index (χ4n) is 11.5. The minimum atomic E-state index is -2.57. The van der Waals surface area contributed by atoms with Gasteiger partial charge in [0.25, 0.3) is 0 Å². The van der Waals surface area contributed by atoms with E-state index in [1.54, 1.807) is 47.9 Å². The zero-order valence-corrected chi connectivity index (χ0v) is 27.6. The van der Waals surface area contributed by atoms with Crippen molar-refractivity contribution < 1.29 is 0 Å². The van der Waals surface area contributed by atoms with E-state index in [2.05, 4.69) is 50.2 Å². The van der Waals surface area contributed by atoms with Crippen LogP contribution in [0.1, 0.15) is 140 Å². The topological polar surface area (TPSA) is 0 Å². The normalized spacial score (nSPS) is 27.1. The molecule has 4 saturated carbocycles. The van der Waals surface area contributed by atoms with Crippen LogP contribution in [0.5, 0.6) is 0 Å². The van der Waals surface area contributed by atoms with Crippen LogP contribution in [-0.2, 0) is 0 Å². The van der Waals surface area contributed by atoms with Gasteiger partial charge in [-0.05, 0) is 0 Å². The van der Waals surface area contributed by atoms with Gasteiger partial charge in [0.1, 0.15) is 0 Å². The molecule has 7 rings (SSSR count). The van der Waals surface area contributed by atoms with Crippen LogP contribution in [0.4, 0.5) is 0 Å².